The molecule has 0 saturated heterocycles. The highest BCUT2D eigenvalue weighted by molar-refractivity contribution is 7.99. The molecular formula is C18H21N3OS. The molecule has 5 heteroatoms. The van der Waals surface area contributed by atoms with Crippen LogP contribution in [0.25, 0.3) is 0 Å². The van der Waals surface area contributed by atoms with E-state index >= 15 is 0 Å². The summed E-state index contributed by atoms with van der Waals surface area (Å²) in [5, 5.41) is 3.63. The van der Waals surface area contributed by atoms with Crippen LogP contribution < -0.4 is 5.32 Å². The predicted octanol–water partition coefficient (Wildman–Crippen LogP) is 3.70. The van der Waals surface area contributed by atoms with Crippen molar-refractivity contribution in [1.29, 1.82) is 0 Å². The monoisotopic (exact) mass is 327 g/mol. The fourth-order valence-electron chi connectivity index (χ4n) is 2.87. The van der Waals surface area contributed by atoms with Gasteiger partial charge in [0.05, 0.1) is 5.75 Å². The second-order valence-electron chi connectivity index (χ2n) is 5.93. The third-order valence-electron chi connectivity index (χ3n) is 4.00. The van der Waals surface area contributed by atoms with Crippen LogP contribution in [0, 0.1) is 13.8 Å². The van der Waals surface area contributed by atoms with Gasteiger partial charge in [0.15, 0.2) is 5.16 Å². The van der Waals surface area contributed by atoms with Gasteiger partial charge in [-0.2, -0.15) is 0 Å². The van der Waals surface area contributed by atoms with Gasteiger partial charge in [-0.15, -0.1) is 0 Å². The highest BCUT2D eigenvalue weighted by Crippen LogP contribution is 2.24. The summed E-state index contributed by atoms with van der Waals surface area (Å²) in [5.41, 5.74) is 5.51. The normalized spacial score (nSPS) is 13.5. The number of aromatic nitrogens is 2. The van der Waals surface area contributed by atoms with E-state index in [1.807, 2.05) is 38.1 Å². The number of carbonyl (C=O) groups excluding carboxylic acids is 1. The average Bonchev–Trinajstić information content (AvgIpc) is 2.53. The second kappa shape index (κ2) is 7.13. The number of thioether (sulfide) groups is 1. The van der Waals surface area contributed by atoms with Crippen LogP contribution in [0.15, 0.2) is 29.4 Å². The van der Waals surface area contributed by atoms with Crippen LogP contribution >= 0.6 is 11.8 Å². The Morgan fingerprint density at radius 2 is 2.04 bits per heavy atom. The first-order valence-electron chi connectivity index (χ1n) is 7.97. The Hall–Kier alpha value is -1.88. The van der Waals surface area contributed by atoms with E-state index in [4.69, 9.17) is 0 Å². The molecule has 1 aliphatic carbocycles. The molecule has 0 fully saturated rings. The molecule has 1 aromatic heterocycles. The molecule has 120 valence electrons. The van der Waals surface area contributed by atoms with E-state index in [1.165, 1.54) is 35.9 Å². The summed E-state index contributed by atoms with van der Waals surface area (Å²) in [4.78, 5) is 21.3. The lowest BCUT2D eigenvalue weighted by Crippen LogP contribution is -2.15. The van der Waals surface area contributed by atoms with Crippen molar-refractivity contribution < 1.29 is 4.79 Å². The number of hydrogen-bond acceptors (Lipinski definition) is 4. The van der Waals surface area contributed by atoms with Gasteiger partial charge in [-0.1, -0.05) is 23.9 Å². The molecule has 2 aromatic rings. The molecular weight excluding hydrogens is 306 g/mol. The fourth-order valence-corrected chi connectivity index (χ4v) is 3.58. The maximum absolute atomic E-state index is 12.1. The predicted molar refractivity (Wildman–Crippen MR) is 93.9 cm³/mol. The van der Waals surface area contributed by atoms with Crippen LogP contribution in [-0.4, -0.2) is 21.6 Å². The summed E-state index contributed by atoms with van der Waals surface area (Å²) in [6.45, 7) is 4.05. The molecule has 1 amide bonds. The van der Waals surface area contributed by atoms with Gasteiger partial charge in [-0.05, 0) is 62.8 Å². The van der Waals surface area contributed by atoms with Gasteiger partial charge in [-0.3, -0.25) is 4.79 Å². The van der Waals surface area contributed by atoms with E-state index in [-0.39, 0.29) is 5.91 Å². The molecule has 23 heavy (non-hydrogen) atoms. The number of hydrogen-bond donors (Lipinski definition) is 1. The first-order chi connectivity index (χ1) is 11.1. The molecule has 0 aliphatic heterocycles. The van der Waals surface area contributed by atoms with Gasteiger partial charge in [0, 0.05) is 17.1 Å². The molecule has 0 saturated carbocycles. The SMILES string of the molecule is Cc1cccc(NC(=O)CSc2nc(C)c3c(n2)CCCC3)c1. The second-order valence-corrected chi connectivity index (χ2v) is 6.87. The molecule has 0 unspecified atom stereocenters. The molecule has 0 bridgehead atoms. The third kappa shape index (κ3) is 4.10. The zero-order valence-corrected chi connectivity index (χ0v) is 14.4. The number of aryl methyl sites for hydroxylation is 3. The van der Waals surface area contributed by atoms with Crippen molar-refractivity contribution in [3.8, 4) is 0 Å². The van der Waals surface area contributed by atoms with Crippen molar-refractivity contribution in [3.63, 3.8) is 0 Å². The average molecular weight is 327 g/mol. The topological polar surface area (TPSA) is 54.9 Å². The van der Waals surface area contributed by atoms with Crippen molar-refractivity contribution in [3.05, 3.63) is 46.8 Å². The fraction of sp³-hybridized carbons (Fsp3) is 0.389. The van der Waals surface area contributed by atoms with E-state index < -0.39 is 0 Å². The lowest BCUT2D eigenvalue weighted by molar-refractivity contribution is -0.113. The summed E-state index contributed by atoms with van der Waals surface area (Å²) in [7, 11) is 0. The smallest absolute Gasteiger partial charge is 0.234 e. The molecule has 1 aromatic carbocycles. The van der Waals surface area contributed by atoms with Crippen molar-refractivity contribution in [2.24, 2.45) is 0 Å². The Morgan fingerprint density at radius 1 is 1.22 bits per heavy atom. The highest BCUT2D eigenvalue weighted by atomic mass is 32.2. The van der Waals surface area contributed by atoms with Gasteiger partial charge < -0.3 is 5.32 Å². The van der Waals surface area contributed by atoms with Crippen molar-refractivity contribution in [1.82, 2.24) is 9.97 Å². The number of rotatable bonds is 4. The van der Waals surface area contributed by atoms with Gasteiger partial charge in [0.1, 0.15) is 0 Å². The van der Waals surface area contributed by atoms with E-state index in [0.717, 1.165) is 29.8 Å². The van der Waals surface area contributed by atoms with Crippen LogP contribution in [0.2, 0.25) is 0 Å². The van der Waals surface area contributed by atoms with E-state index in [9.17, 15) is 4.79 Å². The van der Waals surface area contributed by atoms with Crippen molar-refractivity contribution in [2.75, 3.05) is 11.1 Å². The van der Waals surface area contributed by atoms with Crippen LogP contribution in [0.4, 0.5) is 5.69 Å². The molecule has 1 heterocycles. The van der Waals surface area contributed by atoms with E-state index in [0.29, 0.717) is 10.9 Å². The first-order valence-corrected chi connectivity index (χ1v) is 8.96. The van der Waals surface area contributed by atoms with Gasteiger partial charge in [0.2, 0.25) is 5.91 Å². The summed E-state index contributed by atoms with van der Waals surface area (Å²) in [6.07, 6.45) is 4.53. The number of anilines is 1. The van der Waals surface area contributed by atoms with E-state index in [1.54, 1.807) is 0 Å². The van der Waals surface area contributed by atoms with Crippen molar-refractivity contribution >= 4 is 23.4 Å². The number of carbonyl (C=O) groups is 1. The minimum atomic E-state index is -0.0282. The van der Waals surface area contributed by atoms with Crippen LogP contribution in [0.1, 0.15) is 35.4 Å². The number of nitrogens with one attached hydrogen (secondary N) is 1. The van der Waals surface area contributed by atoms with Gasteiger partial charge in [-0.25, -0.2) is 9.97 Å². The van der Waals surface area contributed by atoms with Crippen LogP contribution in [0.3, 0.4) is 0 Å². The minimum Gasteiger partial charge on any atom is -0.325 e. The third-order valence-corrected chi connectivity index (χ3v) is 4.85. The molecule has 0 atom stereocenters. The maximum Gasteiger partial charge on any atom is 0.234 e. The Balaban J connectivity index is 1.62. The first kappa shape index (κ1) is 16.0. The number of fused-ring (bicyclic) bond motifs is 1. The Bertz CT molecular complexity index is 730. The lowest BCUT2D eigenvalue weighted by Gasteiger charge is -2.17. The Kier molecular flexibility index (Phi) is 4.96. The molecule has 0 spiro atoms. The zero-order chi connectivity index (χ0) is 16.2. The largest absolute Gasteiger partial charge is 0.325 e. The number of amides is 1. The lowest BCUT2D eigenvalue weighted by atomic mass is 9.95. The van der Waals surface area contributed by atoms with Gasteiger partial charge >= 0.3 is 0 Å². The minimum absolute atomic E-state index is 0.0282. The van der Waals surface area contributed by atoms with E-state index in [2.05, 4.69) is 15.3 Å². The quantitative estimate of drug-likeness (QED) is 0.687. The zero-order valence-electron chi connectivity index (χ0n) is 13.6. The highest BCUT2D eigenvalue weighted by Gasteiger charge is 2.16. The molecule has 3 rings (SSSR count). The van der Waals surface area contributed by atoms with Gasteiger partial charge in [0.25, 0.3) is 0 Å². The maximum atomic E-state index is 12.1. The summed E-state index contributed by atoms with van der Waals surface area (Å²) >= 11 is 1.40. The summed E-state index contributed by atoms with van der Waals surface area (Å²) in [6, 6.07) is 7.80. The summed E-state index contributed by atoms with van der Waals surface area (Å²) in [5.74, 6) is 0.297. The summed E-state index contributed by atoms with van der Waals surface area (Å²) < 4.78 is 0. The molecule has 0 radical (unpaired) electrons. The number of nitrogens with zero attached hydrogens (tertiary/aromatic N) is 2. The van der Waals surface area contributed by atoms with Crippen LogP contribution in [0.5, 0.6) is 0 Å². The molecule has 1 aliphatic rings. The Morgan fingerprint density at radius 3 is 2.87 bits per heavy atom. The Labute approximate surface area is 141 Å². The standard InChI is InChI=1S/C18H21N3OS/c1-12-6-5-7-14(10-12)20-17(22)11-23-18-19-13(2)15-8-3-4-9-16(15)21-18/h5-7,10H,3-4,8-9,11H2,1-2H3,(H,20,22). The molecule has 4 nitrogen and oxygen atoms in total. The van der Waals surface area contributed by atoms with Crippen LogP contribution in [-0.2, 0) is 17.6 Å². The van der Waals surface area contributed by atoms with Crippen molar-refractivity contribution in [2.45, 2.75) is 44.7 Å². The molecule has 1 N–H and O–H groups in total. The number of benzene rings is 1.